The van der Waals surface area contributed by atoms with E-state index in [0.717, 1.165) is 12.1 Å². The Kier molecular flexibility index (Phi) is 4.61. The van der Waals surface area contributed by atoms with Gasteiger partial charge in [-0.25, -0.2) is 4.98 Å². The number of nitrogens with one attached hydrogen (secondary N) is 1. The van der Waals surface area contributed by atoms with Gasteiger partial charge < -0.3 is 5.32 Å². The molecule has 0 atom stereocenters. The number of halogens is 6. The maximum atomic E-state index is 12.7. The van der Waals surface area contributed by atoms with Crippen molar-refractivity contribution in [3.8, 4) is 0 Å². The van der Waals surface area contributed by atoms with Crippen molar-refractivity contribution in [1.82, 2.24) is 4.98 Å². The van der Waals surface area contributed by atoms with Gasteiger partial charge in [-0.15, -0.1) is 0 Å². The molecule has 0 saturated heterocycles. The fourth-order valence-electron chi connectivity index (χ4n) is 1.47. The summed E-state index contributed by atoms with van der Waals surface area (Å²) in [5, 5.41) is 2.57. The minimum absolute atomic E-state index is 0.0115. The molecule has 0 aliphatic heterocycles. The highest BCUT2D eigenvalue weighted by molar-refractivity contribution is 9.11. The first-order valence-electron chi connectivity index (χ1n) is 5.23. The van der Waals surface area contributed by atoms with Crippen molar-refractivity contribution >= 4 is 55.0 Å². The highest BCUT2D eigenvalue weighted by atomic mass is 79.9. The van der Waals surface area contributed by atoms with E-state index in [0.29, 0.717) is 14.6 Å². The molecule has 106 valence electrons. The Morgan fingerprint density at radius 3 is 2.25 bits per heavy atom. The van der Waals surface area contributed by atoms with Crippen LogP contribution in [-0.4, -0.2) is 4.98 Å². The van der Waals surface area contributed by atoms with Gasteiger partial charge in [-0.2, -0.15) is 13.2 Å². The number of anilines is 2. The van der Waals surface area contributed by atoms with E-state index < -0.39 is 11.7 Å². The SMILES string of the molecule is FC(F)(F)c1cc(Cl)nc(Nc2c(Br)cccc2Br)c1. The summed E-state index contributed by atoms with van der Waals surface area (Å²) in [6.07, 6.45) is -4.48. The van der Waals surface area contributed by atoms with Crippen molar-refractivity contribution in [2.24, 2.45) is 0 Å². The minimum atomic E-state index is -4.48. The third-order valence-corrected chi connectivity index (χ3v) is 3.85. The molecule has 2 rings (SSSR count). The lowest BCUT2D eigenvalue weighted by molar-refractivity contribution is -0.137. The standard InChI is InChI=1S/C12H6Br2ClF3N2/c13-7-2-1-3-8(14)11(7)20-10-5-6(12(16,17)18)4-9(15)19-10/h1-5H,(H,19,20). The molecule has 0 amide bonds. The summed E-state index contributed by atoms with van der Waals surface area (Å²) < 4.78 is 39.5. The van der Waals surface area contributed by atoms with Gasteiger partial charge in [0.2, 0.25) is 0 Å². The molecule has 1 aromatic carbocycles. The molecule has 0 bridgehead atoms. The van der Waals surface area contributed by atoms with Gasteiger partial charge in [0.15, 0.2) is 0 Å². The Labute approximate surface area is 134 Å². The number of para-hydroxylation sites is 1. The molecule has 1 aromatic heterocycles. The number of nitrogens with zero attached hydrogens (tertiary/aromatic N) is 1. The predicted octanol–water partition coefficient (Wildman–Crippen LogP) is 6.02. The summed E-state index contributed by atoms with van der Waals surface area (Å²) in [4.78, 5) is 3.84. The van der Waals surface area contributed by atoms with Crippen molar-refractivity contribution in [2.45, 2.75) is 6.18 Å². The second-order valence-corrected chi connectivity index (χ2v) is 5.88. The molecule has 0 aliphatic carbocycles. The quantitative estimate of drug-likeness (QED) is 0.589. The molecule has 2 aromatic rings. The van der Waals surface area contributed by atoms with Crippen LogP contribution in [0.1, 0.15) is 5.56 Å². The van der Waals surface area contributed by atoms with E-state index >= 15 is 0 Å². The molecule has 2 nitrogen and oxygen atoms in total. The minimum Gasteiger partial charge on any atom is -0.338 e. The molecule has 1 N–H and O–H groups in total. The average Bonchev–Trinajstić information content (AvgIpc) is 2.32. The molecule has 0 spiro atoms. The Morgan fingerprint density at radius 1 is 1.10 bits per heavy atom. The number of aromatic nitrogens is 1. The van der Waals surface area contributed by atoms with E-state index in [1.165, 1.54) is 0 Å². The average molecular weight is 430 g/mol. The summed E-state index contributed by atoms with van der Waals surface area (Å²) in [6.45, 7) is 0. The number of rotatable bonds is 2. The molecule has 0 saturated carbocycles. The van der Waals surface area contributed by atoms with Crippen molar-refractivity contribution in [3.63, 3.8) is 0 Å². The Bertz CT molecular complexity index is 627. The van der Waals surface area contributed by atoms with Gasteiger partial charge in [0, 0.05) is 8.95 Å². The first-order chi connectivity index (χ1) is 9.27. The monoisotopic (exact) mass is 428 g/mol. The lowest BCUT2D eigenvalue weighted by Crippen LogP contribution is -2.07. The Balaban J connectivity index is 2.42. The topological polar surface area (TPSA) is 24.9 Å². The Morgan fingerprint density at radius 2 is 1.70 bits per heavy atom. The molecule has 8 heteroatoms. The zero-order valence-corrected chi connectivity index (χ0v) is 13.5. The van der Waals surface area contributed by atoms with E-state index in [-0.39, 0.29) is 11.0 Å². The van der Waals surface area contributed by atoms with Crippen molar-refractivity contribution in [1.29, 1.82) is 0 Å². The van der Waals surface area contributed by atoms with Crippen LogP contribution in [0.4, 0.5) is 24.7 Å². The van der Waals surface area contributed by atoms with E-state index in [9.17, 15) is 13.2 Å². The van der Waals surface area contributed by atoms with Gasteiger partial charge in [0.05, 0.1) is 11.3 Å². The molecular formula is C12H6Br2ClF3N2. The fraction of sp³-hybridized carbons (Fsp3) is 0.0833. The summed E-state index contributed by atoms with van der Waals surface area (Å²) >= 11 is 12.2. The van der Waals surface area contributed by atoms with Gasteiger partial charge in [-0.3, -0.25) is 0 Å². The molecule has 1 heterocycles. The van der Waals surface area contributed by atoms with Crippen LogP contribution in [0.3, 0.4) is 0 Å². The van der Waals surface area contributed by atoms with Gasteiger partial charge >= 0.3 is 6.18 Å². The molecule has 0 fully saturated rings. The number of hydrogen-bond donors (Lipinski definition) is 1. The normalized spacial score (nSPS) is 11.5. The van der Waals surface area contributed by atoms with Crippen LogP contribution >= 0.6 is 43.5 Å². The van der Waals surface area contributed by atoms with E-state index in [1.54, 1.807) is 18.2 Å². The van der Waals surface area contributed by atoms with Gasteiger partial charge in [-0.05, 0) is 56.1 Å². The molecule has 20 heavy (non-hydrogen) atoms. The first kappa shape index (κ1) is 15.6. The second-order valence-electron chi connectivity index (χ2n) is 3.78. The number of alkyl halides is 3. The van der Waals surface area contributed by atoms with E-state index in [4.69, 9.17) is 11.6 Å². The van der Waals surface area contributed by atoms with Crippen molar-refractivity contribution in [3.05, 3.63) is 50.0 Å². The summed E-state index contributed by atoms with van der Waals surface area (Å²) in [6, 6.07) is 6.97. The van der Waals surface area contributed by atoms with Gasteiger partial charge in [0.25, 0.3) is 0 Å². The predicted molar refractivity (Wildman–Crippen MR) is 79.4 cm³/mol. The maximum absolute atomic E-state index is 12.7. The van der Waals surface area contributed by atoms with Gasteiger partial charge in [-0.1, -0.05) is 17.7 Å². The first-order valence-corrected chi connectivity index (χ1v) is 7.19. The Hall–Kier alpha value is -0.790. The highest BCUT2D eigenvalue weighted by Gasteiger charge is 2.31. The van der Waals surface area contributed by atoms with Crippen LogP contribution in [0.2, 0.25) is 5.15 Å². The van der Waals surface area contributed by atoms with Gasteiger partial charge in [0.1, 0.15) is 11.0 Å². The second kappa shape index (κ2) is 5.91. The highest BCUT2D eigenvalue weighted by Crippen LogP contribution is 2.35. The van der Waals surface area contributed by atoms with Crippen LogP contribution < -0.4 is 5.32 Å². The third kappa shape index (κ3) is 3.65. The largest absolute Gasteiger partial charge is 0.416 e. The van der Waals surface area contributed by atoms with E-state index in [2.05, 4.69) is 42.2 Å². The summed E-state index contributed by atoms with van der Waals surface area (Å²) in [5.41, 5.74) is -0.293. The lowest BCUT2D eigenvalue weighted by atomic mass is 10.2. The molecule has 0 radical (unpaired) electrons. The number of pyridine rings is 1. The number of hydrogen-bond acceptors (Lipinski definition) is 2. The number of benzene rings is 1. The van der Waals surface area contributed by atoms with Crippen molar-refractivity contribution < 1.29 is 13.2 Å². The van der Waals surface area contributed by atoms with Crippen molar-refractivity contribution in [2.75, 3.05) is 5.32 Å². The summed E-state index contributed by atoms with van der Waals surface area (Å²) in [5.74, 6) is 0.0115. The fourth-order valence-corrected chi connectivity index (χ4v) is 2.88. The van der Waals surface area contributed by atoms with Crippen LogP contribution in [0.5, 0.6) is 0 Å². The zero-order chi connectivity index (χ0) is 14.9. The summed E-state index contributed by atoms with van der Waals surface area (Å²) in [7, 11) is 0. The maximum Gasteiger partial charge on any atom is 0.416 e. The molecule has 0 aliphatic rings. The van der Waals surface area contributed by atoms with Crippen LogP contribution in [0, 0.1) is 0 Å². The van der Waals surface area contributed by atoms with E-state index in [1.807, 2.05) is 0 Å². The van der Waals surface area contributed by atoms with Crippen LogP contribution in [-0.2, 0) is 6.18 Å². The van der Waals surface area contributed by atoms with Crippen LogP contribution in [0.25, 0.3) is 0 Å². The smallest absolute Gasteiger partial charge is 0.338 e. The lowest BCUT2D eigenvalue weighted by Gasteiger charge is -2.13. The zero-order valence-electron chi connectivity index (χ0n) is 9.60. The third-order valence-electron chi connectivity index (χ3n) is 2.34. The van der Waals surface area contributed by atoms with Crippen LogP contribution in [0.15, 0.2) is 39.3 Å². The molecular weight excluding hydrogens is 424 g/mol. The molecule has 0 unspecified atom stereocenters.